The van der Waals surface area contributed by atoms with E-state index < -0.39 is 11.9 Å². The number of carbonyl (C=O) groups is 2. The van der Waals surface area contributed by atoms with Gasteiger partial charge < -0.3 is 5.11 Å². The second kappa shape index (κ2) is 5.07. The molecular weight excluding hydrogens is 260 g/mol. The number of carbonyl (C=O) groups excluding carboxylic acids is 1. The molecule has 0 bridgehead atoms. The smallest absolute Gasteiger partial charge is 0.304 e. The van der Waals surface area contributed by atoms with Crippen molar-refractivity contribution in [3.05, 3.63) is 34.3 Å². The largest absolute Gasteiger partial charge is 0.481 e. The predicted octanol–water partition coefficient (Wildman–Crippen LogP) is 2.74. The lowest BCUT2D eigenvalue weighted by Crippen LogP contribution is -2.15. The van der Waals surface area contributed by atoms with Crippen LogP contribution in [0.2, 0.25) is 0 Å². The van der Waals surface area contributed by atoms with Crippen molar-refractivity contribution in [1.29, 1.82) is 0 Å². The maximum absolute atomic E-state index is 11.8. The highest BCUT2D eigenvalue weighted by Gasteiger charge is 2.19. The Morgan fingerprint density at radius 1 is 1.40 bits per heavy atom. The van der Waals surface area contributed by atoms with Crippen LogP contribution in [0, 0.1) is 5.92 Å². The fourth-order valence-electron chi connectivity index (χ4n) is 1.28. The number of carboxylic acid groups (broad SMARTS) is 1. The molecule has 15 heavy (non-hydrogen) atoms. The van der Waals surface area contributed by atoms with Crippen LogP contribution in [0.25, 0.3) is 0 Å². The maximum atomic E-state index is 11.8. The van der Waals surface area contributed by atoms with Crippen molar-refractivity contribution in [3.63, 3.8) is 0 Å². The van der Waals surface area contributed by atoms with E-state index in [1.165, 1.54) is 0 Å². The molecule has 0 aliphatic carbocycles. The molecule has 1 N–H and O–H groups in total. The van der Waals surface area contributed by atoms with E-state index in [0.29, 0.717) is 10.0 Å². The van der Waals surface area contributed by atoms with Crippen molar-refractivity contribution in [2.75, 3.05) is 0 Å². The van der Waals surface area contributed by atoms with Crippen molar-refractivity contribution in [2.45, 2.75) is 13.3 Å². The predicted molar refractivity (Wildman–Crippen MR) is 59.9 cm³/mol. The molecule has 0 aliphatic heterocycles. The fourth-order valence-corrected chi connectivity index (χ4v) is 1.76. The highest BCUT2D eigenvalue weighted by molar-refractivity contribution is 9.10. The summed E-state index contributed by atoms with van der Waals surface area (Å²) in [6, 6.07) is 7.01. The summed E-state index contributed by atoms with van der Waals surface area (Å²) in [6.45, 7) is 1.62. The van der Waals surface area contributed by atoms with Crippen molar-refractivity contribution < 1.29 is 14.7 Å². The van der Waals surface area contributed by atoms with Crippen molar-refractivity contribution in [2.24, 2.45) is 5.92 Å². The lowest BCUT2D eigenvalue weighted by Gasteiger charge is -2.08. The van der Waals surface area contributed by atoms with Gasteiger partial charge in [-0.2, -0.15) is 0 Å². The van der Waals surface area contributed by atoms with E-state index in [1.807, 2.05) is 6.07 Å². The molecule has 0 fully saturated rings. The zero-order valence-electron chi connectivity index (χ0n) is 8.24. The first-order chi connectivity index (χ1) is 7.02. The van der Waals surface area contributed by atoms with Gasteiger partial charge in [-0.1, -0.05) is 41.1 Å². The molecule has 4 heteroatoms. The molecule has 3 nitrogen and oxygen atoms in total. The molecule has 1 rings (SSSR count). The van der Waals surface area contributed by atoms with E-state index in [0.717, 1.165) is 0 Å². The van der Waals surface area contributed by atoms with E-state index >= 15 is 0 Å². The van der Waals surface area contributed by atoms with Crippen LogP contribution < -0.4 is 0 Å². The highest BCUT2D eigenvalue weighted by Crippen LogP contribution is 2.20. The zero-order chi connectivity index (χ0) is 11.4. The molecule has 1 aromatic carbocycles. The molecule has 0 heterocycles. The second-order valence-electron chi connectivity index (χ2n) is 3.34. The molecule has 0 saturated heterocycles. The Morgan fingerprint density at radius 2 is 2.00 bits per heavy atom. The SMILES string of the molecule is CC(CC(=O)O)C(=O)c1ccccc1Br. The van der Waals surface area contributed by atoms with Crippen LogP contribution >= 0.6 is 15.9 Å². The average molecular weight is 271 g/mol. The Balaban J connectivity index is 2.85. The van der Waals surface area contributed by atoms with E-state index in [9.17, 15) is 9.59 Å². The second-order valence-corrected chi connectivity index (χ2v) is 4.20. The van der Waals surface area contributed by atoms with Crippen LogP contribution in [0.4, 0.5) is 0 Å². The minimum Gasteiger partial charge on any atom is -0.481 e. The molecule has 1 atom stereocenters. The quantitative estimate of drug-likeness (QED) is 0.856. The summed E-state index contributed by atoms with van der Waals surface area (Å²) in [5.74, 6) is -1.60. The minimum atomic E-state index is -0.956. The molecule has 80 valence electrons. The van der Waals surface area contributed by atoms with E-state index in [4.69, 9.17) is 5.11 Å². The third-order valence-electron chi connectivity index (χ3n) is 2.07. The van der Waals surface area contributed by atoms with Gasteiger partial charge in [0.15, 0.2) is 5.78 Å². The first-order valence-corrected chi connectivity index (χ1v) is 5.32. The van der Waals surface area contributed by atoms with Gasteiger partial charge >= 0.3 is 5.97 Å². The van der Waals surface area contributed by atoms with Gasteiger partial charge in [0.05, 0.1) is 6.42 Å². The first kappa shape index (κ1) is 11.9. The topological polar surface area (TPSA) is 54.4 Å². The monoisotopic (exact) mass is 270 g/mol. The molecule has 1 aromatic rings. The zero-order valence-corrected chi connectivity index (χ0v) is 9.82. The third kappa shape index (κ3) is 3.16. The normalized spacial score (nSPS) is 12.1. The Kier molecular flexibility index (Phi) is 4.03. The first-order valence-electron chi connectivity index (χ1n) is 4.53. The summed E-state index contributed by atoms with van der Waals surface area (Å²) >= 11 is 3.26. The third-order valence-corrected chi connectivity index (χ3v) is 2.76. The maximum Gasteiger partial charge on any atom is 0.304 e. The molecule has 0 amide bonds. The Labute approximate surface area is 96.2 Å². The van der Waals surface area contributed by atoms with Gasteiger partial charge in [0.1, 0.15) is 0 Å². The summed E-state index contributed by atoms with van der Waals surface area (Å²) in [7, 11) is 0. The number of halogens is 1. The van der Waals surface area contributed by atoms with Gasteiger partial charge in [0.25, 0.3) is 0 Å². The van der Waals surface area contributed by atoms with Crippen molar-refractivity contribution in [1.82, 2.24) is 0 Å². The lowest BCUT2D eigenvalue weighted by molar-refractivity contribution is -0.137. The van der Waals surface area contributed by atoms with Crippen LogP contribution in [0.5, 0.6) is 0 Å². The fraction of sp³-hybridized carbons (Fsp3) is 0.273. The minimum absolute atomic E-state index is 0.139. The number of Topliss-reactive ketones (excluding diaryl/α,β-unsaturated/α-hetero) is 1. The number of ketones is 1. The number of carboxylic acids is 1. The van der Waals surface area contributed by atoms with Gasteiger partial charge in [0.2, 0.25) is 0 Å². The summed E-state index contributed by atoms with van der Waals surface area (Å²) < 4.78 is 0.701. The summed E-state index contributed by atoms with van der Waals surface area (Å²) in [4.78, 5) is 22.3. The number of hydrogen-bond acceptors (Lipinski definition) is 2. The van der Waals surface area contributed by atoms with Crippen molar-refractivity contribution >= 4 is 27.7 Å². The number of aliphatic carboxylic acids is 1. The van der Waals surface area contributed by atoms with Crippen molar-refractivity contribution in [3.8, 4) is 0 Å². The Bertz CT molecular complexity index is 387. The number of hydrogen-bond donors (Lipinski definition) is 1. The molecule has 0 aliphatic rings. The molecule has 0 aromatic heterocycles. The Hall–Kier alpha value is -1.16. The summed E-state index contributed by atoms with van der Waals surface area (Å²) in [5, 5.41) is 8.59. The van der Waals surface area contributed by atoms with E-state index in [-0.39, 0.29) is 12.2 Å². The molecule has 0 saturated carbocycles. The standard InChI is InChI=1S/C11H11BrO3/c1-7(6-10(13)14)11(15)8-4-2-3-5-9(8)12/h2-5,7H,6H2,1H3,(H,13,14). The average Bonchev–Trinajstić information content (AvgIpc) is 2.16. The summed E-state index contributed by atoms with van der Waals surface area (Å²) in [6.07, 6.45) is -0.139. The highest BCUT2D eigenvalue weighted by atomic mass is 79.9. The number of benzene rings is 1. The molecule has 0 spiro atoms. The lowest BCUT2D eigenvalue weighted by atomic mass is 9.97. The molecule has 1 unspecified atom stereocenters. The number of rotatable bonds is 4. The van der Waals surface area contributed by atoms with Gasteiger partial charge in [0, 0.05) is 16.0 Å². The van der Waals surface area contributed by atoms with Gasteiger partial charge in [-0.05, 0) is 6.07 Å². The molecule has 0 radical (unpaired) electrons. The van der Waals surface area contributed by atoms with E-state index in [2.05, 4.69) is 15.9 Å². The van der Waals surface area contributed by atoms with Crippen LogP contribution in [-0.2, 0) is 4.79 Å². The Morgan fingerprint density at radius 3 is 2.53 bits per heavy atom. The van der Waals surface area contributed by atoms with Crippen LogP contribution in [0.15, 0.2) is 28.7 Å². The van der Waals surface area contributed by atoms with Crippen LogP contribution in [0.3, 0.4) is 0 Å². The van der Waals surface area contributed by atoms with Gasteiger partial charge in [-0.15, -0.1) is 0 Å². The summed E-state index contributed by atoms with van der Waals surface area (Å²) in [5.41, 5.74) is 0.534. The van der Waals surface area contributed by atoms with Gasteiger partial charge in [-0.25, -0.2) is 0 Å². The van der Waals surface area contributed by atoms with Crippen LogP contribution in [0.1, 0.15) is 23.7 Å². The molecular formula is C11H11BrO3. The van der Waals surface area contributed by atoms with Crippen LogP contribution in [-0.4, -0.2) is 16.9 Å². The van der Waals surface area contributed by atoms with Gasteiger partial charge in [-0.3, -0.25) is 9.59 Å². The van der Waals surface area contributed by atoms with E-state index in [1.54, 1.807) is 25.1 Å².